The van der Waals surface area contributed by atoms with Gasteiger partial charge in [-0.3, -0.25) is 0 Å². The Morgan fingerprint density at radius 1 is 1.42 bits per heavy atom. The summed E-state index contributed by atoms with van der Waals surface area (Å²) in [7, 11) is 0. The molecule has 0 N–H and O–H groups in total. The number of thiophene rings is 1. The van der Waals surface area contributed by atoms with Gasteiger partial charge in [-0.2, -0.15) is 0 Å². The highest BCUT2D eigenvalue weighted by Crippen LogP contribution is 2.33. The molecule has 0 atom stereocenters. The van der Waals surface area contributed by atoms with Crippen LogP contribution in [0.15, 0.2) is 22.4 Å². The summed E-state index contributed by atoms with van der Waals surface area (Å²) in [6.45, 7) is 2.09. The number of benzene rings is 1. The molecule has 0 amide bonds. The van der Waals surface area contributed by atoms with Crippen molar-refractivity contribution in [2.45, 2.75) is 11.8 Å². The molecule has 2 rings (SSSR count). The van der Waals surface area contributed by atoms with E-state index in [1.807, 2.05) is 0 Å². The van der Waals surface area contributed by atoms with Gasteiger partial charge in [-0.15, -0.1) is 24.0 Å². The standard InChI is InChI=1S/C9H7IS2/c1-5-2-3-7-8(9(5)11)6(10)4-12-7/h2-4,11H,1H3. The van der Waals surface area contributed by atoms with Crippen molar-refractivity contribution in [3.05, 3.63) is 26.6 Å². The Morgan fingerprint density at radius 3 is 2.92 bits per heavy atom. The molecule has 0 aliphatic carbocycles. The maximum Gasteiger partial charge on any atom is 0.0365 e. The average molecular weight is 306 g/mol. The number of hydrogen-bond acceptors (Lipinski definition) is 2. The van der Waals surface area contributed by atoms with Crippen LogP contribution in [0.4, 0.5) is 0 Å². The van der Waals surface area contributed by atoms with Gasteiger partial charge in [-0.1, -0.05) is 6.07 Å². The summed E-state index contributed by atoms with van der Waals surface area (Å²) in [5.41, 5.74) is 1.25. The smallest absolute Gasteiger partial charge is 0.0365 e. The van der Waals surface area contributed by atoms with Crippen molar-refractivity contribution in [3.63, 3.8) is 0 Å². The van der Waals surface area contributed by atoms with E-state index in [0.29, 0.717) is 0 Å². The second-order valence-corrected chi connectivity index (χ2v) is 5.21. The highest BCUT2D eigenvalue weighted by molar-refractivity contribution is 14.1. The third kappa shape index (κ3) is 1.28. The molecule has 0 unspecified atom stereocenters. The van der Waals surface area contributed by atoms with Crippen molar-refractivity contribution >= 4 is 56.6 Å². The molecule has 0 fully saturated rings. The van der Waals surface area contributed by atoms with Gasteiger partial charge >= 0.3 is 0 Å². The lowest BCUT2D eigenvalue weighted by molar-refractivity contribution is 1.36. The number of rotatable bonds is 0. The Bertz CT molecular complexity index is 431. The lowest BCUT2D eigenvalue weighted by Crippen LogP contribution is -1.77. The highest BCUT2D eigenvalue weighted by Gasteiger charge is 2.05. The van der Waals surface area contributed by atoms with Crippen LogP contribution in [-0.2, 0) is 0 Å². The van der Waals surface area contributed by atoms with Gasteiger partial charge < -0.3 is 0 Å². The van der Waals surface area contributed by atoms with Gasteiger partial charge in [0.1, 0.15) is 0 Å². The third-order valence-corrected chi connectivity index (χ3v) is 4.67. The van der Waals surface area contributed by atoms with Gasteiger partial charge in [-0.05, 0) is 41.1 Å². The second-order valence-electron chi connectivity index (χ2n) is 2.69. The Balaban J connectivity index is 2.96. The number of hydrogen-bond donors (Lipinski definition) is 1. The van der Waals surface area contributed by atoms with Gasteiger partial charge in [0, 0.05) is 23.9 Å². The van der Waals surface area contributed by atoms with Gasteiger partial charge in [0.05, 0.1) is 0 Å². The van der Waals surface area contributed by atoms with E-state index in [1.165, 1.54) is 19.2 Å². The molecule has 1 aromatic heterocycles. The monoisotopic (exact) mass is 306 g/mol. The molecule has 1 heterocycles. The van der Waals surface area contributed by atoms with Crippen LogP contribution < -0.4 is 0 Å². The minimum Gasteiger partial charge on any atom is -0.143 e. The molecule has 0 bridgehead atoms. The zero-order valence-electron chi connectivity index (χ0n) is 6.47. The normalized spacial score (nSPS) is 10.9. The van der Waals surface area contributed by atoms with E-state index in [0.717, 1.165) is 4.90 Å². The van der Waals surface area contributed by atoms with Crippen LogP contribution in [0.2, 0.25) is 0 Å². The fourth-order valence-electron chi connectivity index (χ4n) is 1.18. The van der Waals surface area contributed by atoms with Crippen molar-refractivity contribution in [1.82, 2.24) is 0 Å². The molecule has 0 saturated carbocycles. The van der Waals surface area contributed by atoms with Gasteiger partial charge in [0.25, 0.3) is 0 Å². The van der Waals surface area contributed by atoms with E-state index < -0.39 is 0 Å². The minimum atomic E-state index is 1.12. The fraction of sp³-hybridized carbons (Fsp3) is 0.111. The first-order valence-corrected chi connectivity index (χ1v) is 5.96. The molecule has 0 spiro atoms. The topological polar surface area (TPSA) is 0 Å². The van der Waals surface area contributed by atoms with Crippen LogP contribution >= 0.6 is 46.6 Å². The second kappa shape index (κ2) is 3.20. The van der Waals surface area contributed by atoms with Crippen LogP contribution in [-0.4, -0.2) is 0 Å². The molecule has 0 aliphatic rings. The van der Waals surface area contributed by atoms with Crippen molar-refractivity contribution in [2.24, 2.45) is 0 Å². The first-order chi connectivity index (χ1) is 5.70. The molecule has 0 nitrogen and oxygen atoms in total. The summed E-state index contributed by atoms with van der Waals surface area (Å²) in [6, 6.07) is 4.29. The largest absolute Gasteiger partial charge is 0.143 e. The molecular formula is C9H7IS2. The van der Waals surface area contributed by atoms with Gasteiger partial charge in [0.15, 0.2) is 0 Å². The van der Waals surface area contributed by atoms with Crippen molar-refractivity contribution in [3.8, 4) is 0 Å². The first-order valence-electron chi connectivity index (χ1n) is 3.55. The first kappa shape index (κ1) is 8.84. The Labute approximate surface area is 94.5 Å². The Morgan fingerprint density at radius 2 is 2.17 bits per heavy atom. The summed E-state index contributed by atoms with van der Waals surface area (Å²) in [6.07, 6.45) is 0. The van der Waals surface area contributed by atoms with E-state index in [4.69, 9.17) is 0 Å². The van der Waals surface area contributed by atoms with Crippen molar-refractivity contribution < 1.29 is 0 Å². The minimum absolute atomic E-state index is 1.12. The lowest BCUT2D eigenvalue weighted by Gasteiger charge is -2.00. The molecule has 0 radical (unpaired) electrons. The third-order valence-electron chi connectivity index (χ3n) is 1.87. The van der Waals surface area contributed by atoms with Gasteiger partial charge in [0.2, 0.25) is 0 Å². The summed E-state index contributed by atoms with van der Waals surface area (Å²) in [4.78, 5) is 1.12. The highest BCUT2D eigenvalue weighted by atomic mass is 127. The Kier molecular flexibility index (Phi) is 2.35. The van der Waals surface area contributed by atoms with Crippen LogP contribution in [0, 0.1) is 10.5 Å². The fourth-order valence-corrected chi connectivity index (χ4v) is 3.73. The molecule has 3 heteroatoms. The van der Waals surface area contributed by atoms with Crippen LogP contribution in [0.5, 0.6) is 0 Å². The number of thiol groups is 1. The summed E-state index contributed by atoms with van der Waals surface area (Å²) >= 11 is 8.64. The average Bonchev–Trinajstić information content (AvgIpc) is 2.41. The van der Waals surface area contributed by atoms with Crippen molar-refractivity contribution in [2.75, 3.05) is 0 Å². The SMILES string of the molecule is Cc1ccc2scc(I)c2c1S. The molecule has 1 aromatic carbocycles. The van der Waals surface area contributed by atoms with E-state index in [2.05, 4.69) is 59.7 Å². The summed E-state index contributed by atoms with van der Waals surface area (Å²) in [5, 5.41) is 3.48. The van der Waals surface area contributed by atoms with Crippen molar-refractivity contribution in [1.29, 1.82) is 0 Å². The maximum atomic E-state index is 4.50. The zero-order chi connectivity index (χ0) is 8.72. The van der Waals surface area contributed by atoms with E-state index in [1.54, 1.807) is 11.3 Å². The molecule has 12 heavy (non-hydrogen) atoms. The maximum absolute atomic E-state index is 4.50. The summed E-state index contributed by atoms with van der Waals surface area (Å²) in [5.74, 6) is 0. The van der Waals surface area contributed by atoms with E-state index in [9.17, 15) is 0 Å². The predicted octanol–water partition coefficient (Wildman–Crippen LogP) is 4.10. The molecule has 2 aromatic rings. The molecule has 0 aliphatic heterocycles. The lowest BCUT2D eigenvalue weighted by atomic mass is 10.2. The zero-order valence-corrected chi connectivity index (χ0v) is 10.3. The number of halogens is 1. The van der Waals surface area contributed by atoms with E-state index >= 15 is 0 Å². The van der Waals surface area contributed by atoms with Crippen LogP contribution in [0.1, 0.15) is 5.56 Å². The molecule has 62 valence electrons. The summed E-state index contributed by atoms with van der Waals surface area (Å²) < 4.78 is 2.64. The van der Waals surface area contributed by atoms with Crippen LogP contribution in [0.3, 0.4) is 0 Å². The van der Waals surface area contributed by atoms with E-state index in [-0.39, 0.29) is 0 Å². The molecule has 0 saturated heterocycles. The predicted molar refractivity (Wildman–Crippen MR) is 66.5 cm³/mol. The van der Waals surface area contributed by atoms with Gasteiger partial charge in [-0.25, -0.2) is 0 Å². The number of fused-ring (bicyclic) bond motifs is 1. The molecular weight excluding hydrogens is 299 g/mol. The number of aryl methyl sites for hydroxylation is 1. The Hall–Kier alpha value is 0.260. The quantitative estimate of drug-likeness (QED) is 0.550. The van der Waals surface area contributed by atoms with Crippen LogP contribution in [0.25, 0.3) is 10.1 Å².